The van der Waals surface area contributed by atoms with Crippen molar-refractivity contribution in [1.29, 1.82) is 0 Å². The van der Waals surface area contributed by atoms with Crippen molar-refractivity contribution >= 4 is 0 Å². The van der Waals surface area contributed by atoms with Crippen LogP contribution in [-0.4, -0.2) is 19.1 Å². The van der Waals surface area contributed by atoms with Gasteiger partial charge in [0.25, 0.3) is 0 Å². The van der Waals surface area contributed by atoms with Crippen LogP contribution < -0.4 is 11.1 Å². The predicted molar refractivity (Wildman–Crippen MR) is 53.0 cm³/mol. The van der Waals surface area contributed by atoms with E-state index >= 15 is 0 Å². The van der Waals surface area contributed by atoms with Crippen molar-refractivity contribution in [3.8, 4) is 0 Å². The molecule has 0 aliphatic heterocycles. The molecular formula is C10H22N2. The molecule has 1 fully saturated rings. The van der Waals surface area contributed by atoms with Crippen molar-refractivity contribution in [2.24, 2.45) is 17.1 Å². The molecule has 0 aromatic rings. The van der Waals surface area contributed by atoms with Crippen LogP contribution in [0.3, 0.4) is 0 Å². The first kappa shape index (κ1) is 10.0. The van der Waals surface area contributed by atoms with Gasteiger partial charge in [0.2, 0.25) is 0 Å². The van der Waals surface area contributed by atoms with E-state index < -0.39 is 0 Å². The highest BCUT2D eigenvalue weighted by Gasteiger charge is 2.26. The van der Waals surface area contributed by atoms with Gasteiger partial charge in [0.05, 0.1) is 0 Å². The predicted octanol–water partition coefficient (Wildman–Crippen LogP) is 1.36. The summed E-state index contributed by atoms with van der Waals surface area (Å²) in [6.07, 6.45) is 2.73. The number of rotatable bonds is 4. The van der Waals surface area contributed by atoms with E-state index in [-0.39, 0.29) is 0 Å². The van der Waals surface area contributed by atoms with Gasteiger partial charge in [0.15, 0.2) is 0 Å². The van der Waals surface area contributed by atoms with Gasteiger partial charge in [-0.15, -0.1) is 0 Å². The second kappa shape index (κ2) is 3.75. The van der Waals surface area contributed by atoms with Gasteiger partial charge in [0.1, 0.15) is 0 Å². The maximum Gasteiger partial charge on any atom is 0.00683 e. The lowest BCUT2D eigenvalue weighted by Crippen LogP contribution is -2.37. The highest BCUT2D eigenvalue weighted by molar-refractivity contribution is 4.84. The van der Waals surface area contributed by atoms with Crippen molar-refractivity contribution in [3.63, 3.8) is 0 Å². The molecule has 0 saturated heterocycles. The van der Waals surface area contributed by atoms with E-state index in [1.807, 2.05) is 0 Å². The lowest BCUT2D eigenvalue weighted by atomic mass is 9.81. The summed E-state index contributed by atoms with van der Waals surface area (Å²) in [5, 5.41) is 3.53. The van der Waals surface area contributed by atoms with Crippen molar-refractivity contribution < 1.29 is 0 Å². The second-order valence-corrected chi connectivity index (χ2v) is 4.98. The van der Waals surface area contributed by atoms with E-state index in [0.717, 1.165) is 19.1 Å². The molecule has 0 radical (unpaired) electrons. The standard InChI is InChI=1S/C10H22N2/c1-10(2,3)8(6-11)7-12-9-4-5-9/h8-9,12H,4-7,11H2,1-3H3. The Hall–Kier alpha value is -0.0800. The number of hydrogen-bond donors (Lipinski definition) is 2. The van der Waals surface area contributed by atoms with Crippen LogP contribution in [0.15, 0.2) is 0 Å². The molecule has 0 aromatic carbocycles. The lowest BCUT2D eigenvalue weighted by molar-refractivity contribution is 0.239. The number of nitrogens with one attached hydrogen (secondary N) is 1. The minimum absolute atomic E-state index is 0.344. The normalized spacial score (nSPS) is 21.0. The zero-order valence-corrected chi connectivity index (χ0v) is 8.56. The van der Waals surface area contributed by atoms with Crippen LogP contribution in [0.2, 0.25) is 0 Å². The second-order valence-electron chi connectivity index (χ2n) is 4.98. The Kier molecular flexibility index (Phi) is 3.13. The first-order valence-electron chi connectivity index (χ1n) is 4.97. The summed E-state index contributed by atoms with van der Waals surface area (Å²) in [7, 11) is 0. The fourth-order valence-corrected chi connectivity index (χ4v) is 1.34. The fourth-order valence-electron chi connectivity index (χ4n) is 1.34. The van der Waals surface area contributed by atoms with Crippen molar-refractivity contribution in [2.75, 3.05) is 13.1 Å². The molecule has 0 heterocycles. The molecule has 0 bridgehead atoms. The Morgan fingerprint density at radius 3 is 2.33 bits per heavy atom. The molecule has 2 nitrogen and oxygen atoms in total. The third-order valence-electron chi connectivity index (χ3n) is 2.74. The molecule has 1 unspecified atom stereocenters. The van der Waals surface area contributed by atoms with Crippen LogP contribution >= 0.6 is 0 Å². The van der Waals surface area contributed by atoms with E-state index in [2.05, 4.69) is 26.1 Å². The average Bonchev–Trinajstić information content (AvgIpc) is 2.69. The Morgan fingerprint density at radius 2 is 2.00 bits per heavy atom. The Morgan fingerprint density at radius 1 is 1.42 bits per heavy atom. The van der Waals surface area contributed by atoms with E-state index in [1.165, 1.54) is 12.8 Å². The quantitative estimate of drug-likeness (QED) is 0.668. The monoisotopic (exact) mass is 170 g/mol. The number of nitrogens with two attached hydrogens (primary N) is 1. The maximum atomic E-state index is 5.73. The van der Waals surface area contributed by atoms with Gasteiger partial charge in [-0.3, -0.25) is 0 Å². The lowest BCUT2D eigenvalue weighted by Gasteiger charge is -2.29. The summed E-state index contributed by atoms with van der Waals surface area (Å²) < 4.78 is 0. The van der Waals surface area contributed by atoms with Crippen LogP contribution in [0.25, 0.3) is 0 Å². The van der Waals surface area contributed by atoms with Crippen LogP contribution in [0.1, 0.15) is 33.6 Å². The summed E-state index contributed by atoms with van der Waals surface area (Å²) in [6, 6.07) is 0.807. The molecule has 0 amide bonds. The fraction of sp³-hybridized carbons (Fsp3) is 1.00. The molecule has 0 aromatic heterocycles. The Bertz CT molecular complexity index is 133. The molecule has 1 aliphatic carbocycles. The molecule has 3 N–H and O–H groups in total. The van der Waals surface area contributed by atoms with Crippen LogP contribution in [0.4, 0.5) is 0 Å². The third kappa shape index (κ3) is 3.11. The van der Waals surface area contributed by atoms with Gasteiger partial charge >= 0.3 is 0 Å². The molecule has 2 heteroatoms. The molecule has 72 valence electrons. The van der Waals surface area contributed by atoms with Crippen molar-refractivity contribution in [2.45, 2.75) is 39.7 Å². The van der Waals surface area contributed by atoms with E-state index in [4.69, 9.17) is 5.73 Å². The molecule has 0 spiro atoms. The molecule has 1 saturated carbocycles. The summed E-state index contributed by atoms with van der Waals surface area (Å²) in [4.78, 5) is 0. The minimum atomic E-state index is 0.344. The minimum Gasteiger partial charge on any atom is -0.330 e. The van der Waals surface area contributed by atoms with Gasteiger partial charge in [-0.1, -0.05) is 20.8 Å². The molecular weight excluding hydrogens is 148 g/mol. The van der Waals surface area contributed by atoms with Crippen LogP contribution in [-0.2, 0) is 0 Å². The highest BCUT2D eigenvalue weighted by atomic mass is 15.0. The topological polar surface area (TPSA) is 38.0 Å². The zero-order chi connectivity index (χ0) is 9.19. The Balaban J connectivity index is 2.23. The van der Waals surface area contributed by atoms with Crippen molar-refractivity contribution in [1.82, 2.24) is 5.32 Å². The zero-order valence-electron chi connectivity index (χ0n) is 8.56. The van der Waals surface area contributed by atoms with Crippen molar-refractivity contribution in [3.05, 3.63) is 0 Å². The summed E-state index contributed by atoms with van der Waals surface area (Å²) in [6.45, 7) is 8.67. The molecule has 1 rings (SSSR count). The van der Waals surface area contributed by atoms with E-state index in [1.54, 1.807) is 0 Å². The summed E-state index contributed by atoms with van der Waals surface area (Å²) >= 11 is 0. The third-order valence-corrected chi connectivity index (χ3v) is 2.74. The molecule has 1 atom stereocenters. The maximum absolute atomic E-state index is 5.73. The average molecular weight is 170 g/mol. The van der Waals surface area contributed by atoms with E-state index in [9.17, 15) is 0 Å². The van der Waals surface area contributed by atoms with Crippen LogP contribution in [0.5, 0.6) is 0 Å². The largest absolute Gasteiger partial charge is 0.330 e. The molecule has 12 heavy (non-hydrogen) atoms. The van der Waals surface area contributed by atoms with Gasteiger partial charge in [-0.25, -0.2) is 0 Å². The van der Waals surface area contributed by atoms with Crippen LogP contribution in [0, 0.1) is 11.3 Å². The highest BCUT2D eigenvalue weighted by Crippen LogP contribution is 2.26. The summed E-state index contributed by atoms with van der Waals surface area (Å²) in [5.41, 5.74) is 6.07. The van der Waals surface area contributed by atoms with Gasteiger partial charge < -0.3 is 11.1 Å². The Labute approximate surface area is 75.9 Å². The van der Waals surface area contributed by atoms with Gasteiger partial charge in [0, 0.05) is 6.04 Å². The molecule has 1 aliphatic rings. The first-order chi connectivity index (χ1) is 5.54. The smallest absolute Gasteiger partial charge is 0.00683 e. The summed E-state index contributed by atoms with van der Waals surface area (Å²) in [5.74, 6) is 0.609. The van der Waals surface area contributed by atoms with E-state index in [0.29, 0.717) is 11.3 Å². The SMILES string of the molecule is CC(C)(C)C(CN)CNC1CC1. The number of hydrogen-bond acceptors (Lipinski definition) is 2. The van der Waals surface area contributed by atoms with Gasteiger partial charge in [-0.2, -0.15) is 0 Å². The first-order valence-corrected chi connectivity index (χ1v) is 4.97. The van der Waals surface area contributed by atoms with Gasteiger partial charge in [-0.05, 0) is 37.3 Å².